The molecule has 4 heteroatoms. The van der Waals surface area contributed by atoms with Gasteiger partial charge >= 0.3 is 0 Å². The van der Waals surface area contributed by atoms with Gasteiger partial charge in [-0.1, -0.05) is 6.07 Å². The quantitative estimate of drug-likeness (QED) is 0.675. The van der Waals surface area contributed by atoms with Gasteiger partial charge in [0.05, 0.1) is 0 Å². The monoisotopic (exact) mass is 212 g/mol. The molecular formula is C11H16O4. The van der Waals surface area contributed by atoms with Crippen LogP contribution in [0.2, 0.25) is 0 Å². The van der Waals surface area contributed by atoms with Gasteiger partial charge in [0.15, 0.2) is 13.6 Å². The first kappa shape index (κ1) is 11.8. The largest absolute Gasteiger partial charge is 0.467 e. The van der Waals surface area contributed by atoms with Crippen molar-refractivity contribution in [1.29, 1.82) is 0 Å². The minimum Gasteiger partial charge on any atom is -0.467 e. The van der Waals surface area contributed by atoms with Crippen molar-refractivity contribution in [2.24, 2.45) is 0 Å². The highest BCUT2D eigenvalue weighted by Crippen LogP contribution is 2.27. The first-order valence-corrected chi connectivity index (χ1v) is 4.62. The Hall–Kier alpha value is -1.26. The molecule has 0 aliphatic carbocycles. The molecule has 1 rings (SSSR count). The predicted octanol–water partition coefficient (Wildman–Crippen LogP) is 1.96. The lowest BCUT2D eigenvalue weighted by molar-refractivity contribution is 0.0451. The van der Waals surface area contributed by atoms with Gasteiger partial charge in [-0.3, -0.25) is 0 Å². The molecule has 0 amide bonds. The van der Waals surface area contributed by atoms with E-state index in [0.717, 1.165) is 17.1 Å². The van der Waals surface area contributed by atoms with Gasteiger partial charge in [-0.15, -0.1) is 0 Å². The van der Waals surface area contributed by atoms with E-state index in [0.29, 0.717) is 0 Å². The molecule has 0 saturated heterocycles. The average Bonchev–Trinajstić information content (AvgIpc) is 2.26. The van der Waals surface area contributed by atoms with E-state index in [-0.39, 0.29) is 13.6 Å². The third kappa shape index (κ3) is 3.42. The molecule has 0 spiro atoms. The van der Waals surface area contributed by atoms with Crippen LogP contribution < -0.4 is 9.47 Å². The molecule has 0 radical (unpaired) electrons. The third-order valence-corrected chi connectivity index (χ3v) is 1.90. The number of benzene rings is 1. The smallest absolute Gasteiger partial charge is 0.188 e. The van der Waals surface area contributed by atoms with E-state index in [4.69, 9.17) is 18.9 Å². The Labute approximate surface area is 89.7 Å². The fraction of sp³-hybridized carbons (Fsp3) is 0.455. The molecule has 0 bridgehead atoms. The lowest BCUT2D eigenvalue weighted by Gasteiger charge is -2.12. The van der Waals surface area contributed by atoms with Gasteiger partial charge < -0.3 is 18.9 Å². The first-order chi connectivity index (χ1) is 7.29. The number of hydrogen-bond acceptors (Lipinski definition) is 4. The highest BCUT2D eigenvalue weighted by Gasteiger charge is 2.05. The Balaban J connectivity index is 2.71. The van der Waals surface area contributed by atoms with Crippen molar-refractivity contribution in [3.63, 3.8) is 0 Å². The highest BCUT2D eigenvalue weighted by atomic mass is 16.7. The van der Waals surface area contributed by atoms with Gasteiger partial charge in [-0.2, -0.15) is 0 Å². The van der Waals surface area contributed by atoms with Crippen LogP contribution in [0.4, 0.5) is 0 Å². The van der Waals surface area contributed by atoms with Gasteiger partial charge in [-0.25, -0.2) is 0 Å². The van der Waals surface area contributed by atoms with Crippen LogP contribution in [0.3, 0.4) is 0 Å². The summed E-state index contributed by atoms with van der Waals surface area (Å²) in [5.41, 5.74) is 0.937. The molecule has 0 saturated carbocycles. The molecule has 1 aromatic rings. The fourth-order valence-electron chi connectivity index (χ4n) is 1.15. The second-order valence-electron chi connectivity index (χ2n) is 2.98. The van der Waals surface area contributed by atoms with Crippen molar-refractivity contribution in [3.8, 4) is 11.5 Å². The molecule has 0 aliphatic heterocycles. The lowest BCUT2D eigenvalue weighted by atomic mass is 10.2. The van der Waals surface area contributed by atoms with Gasteiger partial charge in [0.2, 0.25) is 0 Å². The number of hydrogen-bond donors (Lipinski definition) is 0. The molecule has 0 aliphatic rings. The van der Waals surface area contributed by atoms with E-state index in [9.17, 15) is 0 Å². The minimum absolute atomic E-state index is 0.231. The lowest BCUT2D eigenvalue weighted by Crippen LogP contribution is -2.03. The molecule has 1 aromatic carbocycles. The van der Waals surface area contributed by atoms with Crippen molar-refractivity contribution < 1.29 is 18.9 Å². The zero-order valence-corrected chi connectivity index (χ0v) is 9.28. The SMILES string of the molecule is COCOc1cccc(OCOC)c1C. The van der Waals surface area contributed by atoms with Crippen LogP contribution in [0.15, 0.2) is 18.2 Å². The van der Waals surface area contributed by atoms with Crippen LogP contribution in [0.25, 0.3) is 0 Å². The molecule has 0 unspecified atom stereocenters. The summed E-state index contributed by atoms with van der Waals surface area (Å²) in [7, 11) is 3.17. The fourth-order valence-corrected chi connectivity index (χ4v) is 1.15. The Morgan fingerprint density at radius 2 is 1.40 bits per heavy atom. The van der Waals surface area contributed by atoms with Crippen molar-refractivity contribution in [2.75, 3.05) is 27.8 Å². The molecule has 4 nitrogen and oxygen atoms in total. The summed E-state index contributed by atoms with van der Waals surface area (Å²) in [5, 5.41) is 0. The third-order valence-electron chi connectivity index (χ3n) is 1.90. The van der Waals surface area contributed by atoms with Crippen LogP contribution in [0, 0.1) is 6.92 Å². The molecule has 0 fully saturated rings. The zero-order valence-electron chi connectivity index (χ0n) is 9.28. The van der Waals surface area contributed by atoms with Crippen LogP contribution in [0.1, 0.15) is 5.56 Å². The number of methoxy groups -OCH3 is 2. The maximum Gasteiger partial charge on any atom is 0.188 e. The van der Waals surface area contributed by atoms with Crippen molar-refractivity contribution in [1.82, 2.24) is 0 Å². The van der Waals surface area contributed by atoms with E-state index < -0.39 is 0 Å². The molecule has 0 N–H and O–H groups in total. The Bertz CT molecular complexity index is 272. The summed E-state index contributed by atoms with van der Waals surface area (Å²) in [6.07, 6.45) is 0. The first-order valence-electron chi connectivity index (χ1n) is 4.62. The molecular weight excluding hydrogens is 196 g/mol. The second-order valence-corrected chi connectivity index (χ2v) is 2.98. The normalized spacial score (nSPS) is 10.1. The van der Waals surface area contributed by atoms with E-state index in [2.05, 4.69) is 0 Å². The minimum atomic E-state index is 0.231. The standard InChI is InChI=1S/C11H16O4/c1-9-10(14-7-12-2)5-4-6-11(9)15-8-13-3/h4-6H,7-8H2,1-3H3. The van der Waals surface area contributed by atoms with Crippen LogP contribution in [0.5, 0.6) is 11.5 Å². The maximum atomic E-state index is 5.36. The Morgan fingerprint density at radius 3 is 1.80 bits per heavy atom. The van der Waals surface area contributed by atoms with E-state index in [1.54, 1.807) is 14.2 Å². The predicted molar refractivity (Wildman–Crippen MR) is 56.2 cm³/mol. The van der Waals surface area contributed by atoms with Crippen molar-refractivity contribution >= 4 is 0 Å². The summed E-state index contributed by atoms with van der Waals surface area (Å²) < 4.78 is 20.4. The van der Waals surface area contributed by atoms with Gasteiger partial charge in [0.1, 0.15) is 11.5 Å². The summed E-state index contributed by atoms with van der Waals surface area (Å²) >= 11 is 0. The van der Waals surface area contributed by atoms with E-state index >= 15 is 0 Å². The second kappa shape index (κ2) is 6.27. The van der Waals surface area contributed by atoms with Crippen molar-refractivity contribution in [2.45, 2.75) is 6.92 Å². The summed E-state index contributed by atoms with van der Waals surface area (Å²) in [6, 6.07) is 5.60. The molecule has 15 heavy (non-hydrogen) atoms. The van der Waals surface area contributed by atoms with Gasteiger partial charge in [0, 0.05) is 19.8 Å². The van der Waals surface area contributed by atoms with Crippen LogP contribution in [-0.2, 0) is 9.47 Å². The Kier molecular flexibility index (Phi) is 4.93. The van der Waals surface area contributed by atoms with E-state index in [1.807, 2.05) is 25.1 Å². The number of rotatable bonds is 6. The highest BCUT2D eigenvalue weighted by molar-refractivity contribution is 5.43. The Morgan fingerprint density at radius 1 is 0.933 bits per heavy atom. The topological polar surface area (TPSA) is 36.9 Å². The van der Waals surface area contributed by atoms with E-state index in [1.165, 1.54) is 0 Å². The summed E-state index contributed by atoms with van der Waals surface area (Å²) in [4.78, 5) is 0. The van der Waals surface area contributed by atoms with Crippen LogP contribution >= 0.6 is 0 Å². The summed E-state index contributed by atoms with van der Waals surface area (Å²) in [6.45, 7) is 2.39. The maximum absolute atomic E-state index is 5.36. The summed E-state index contributed by atoms with van der Waals surface area (Å²) in [5.74, 6) is 1.51. The van der Waals surface area contributed by atoms with Crippen molar-refractivity contribution in [3.05, 3.63) is 23.8 Å². The molecule has 84 valence electrons. The van der Waals surface area contributed by atoms with Gasteiger partial charge in [-0.05, 0) is 19.1 Å². The molecule has 0 aromatic heterocycles. The van der Waals surface area contributed by atoms with Crippen LogP contribution in [-0.4, -0.2) is 27.8 Å². The number of ether oxygens (including phenoxy) is 4. The van der Waals surface area contributed by atoms with Gasteiger partial charge in [0.25, 0.3) is 0 Å². The average molecular weight is 212 g/mol. The molecule has 0 atom stereocenters. The molecule has 0 heterocycles. The zero-order chi connectivity index (χ0) is 11.1.